The van der Waals surface area contributed by atoms with E-state index < -0.39 is 0 Å². The van der Waals surface area contributed by atoms with Crippen LogP contribution in [-0.4, -0.2) is 16.3 Å². The highest BCUT2D eigenvalue weighted by Crippen LogP contribution is 2.17. The Labute approximate surface area is 130 Å². The summed E-state index contributed by atoms with van der Waals surface area (Å²) in [5, 5.41) is 7.61. The zero-order valence-electron chi connectivity index (χ0n) is 13.3. The number of nitrogens with zero attached hydrogens (tertiary/aromatic N) is 2. The second kappa shape index (κ2) is 7.31. The molecule has 0 amide bonds. The van der Waals surface area contributed by atoms with Crippen LogP contribution in [0.3, 0.4) is 0 Å². The maximum absolute atomic E-state index is 13.1. The highest BCUT2D eigenvalue weighted by Gasteiger charge is 2.11. The highest BCUT2D eigenvalue weighted by atomic mass is 19.1. The third kappa shape index (κ3) is 4.01. The summed E-state index contributed by atoms with van der Waals surface area (Å²) in [6, 6.07) is 7.95. The minimum Gasteiger partial charge on any atom is -0.313 e. The van der Waals surface area contributed by atoms with Gasteiger partial charge in [-0.2, -0.15) is 5.10 Å². The third-order valence-electron chi connectivity index (χ3n) is 3.29. The van der Waals surface area contributed by atoms with Gasteiger partial charge in [0.15, 0.2) is 0 Å². The summed E-state index contributed by atoms with van der Waals surface area (Å²) in [5.74, 6) is 0.0350. The second-order valence-electron chi connectivity index (χ2n) is 5.72. The number of benzene rings is 1. The van der Waals surface area contributed by atoms with Crippen LogP contribution in [0.1, 0.15) is 26.3 Å². The van der Waals surface area contributed by atoms with Crippen LogP contribution < -0.4 is 10.9 Å². The Hall–Kier alpha value is -2.01. The maximum Gasteiger partial charge on any atom is 0.271 e. The van der Waals surface area contributed by atoms with Gasteiger partial charge in [0, 0.05) is 24.2 Å². The standard InChI is InChI=1S/C17H22FN3O/c1-4-19-10-14-9-16(13-5-7-15(18)8-6-13)20-21(17(14)22)11-12(2)3/h5-9,12,19H,4,10-11H2,1-3H3. The van der Waals surface area contributed by atoms with E-state index in [1.165, 1.54) is 16.8 Å². The van der Waals surface area contributed by atoms with Crippen LogP contribution in [0.25, 0.3) is 11.3 Å². The van der Waals surface area contributed by atoms with Gasteiger partial charge in [-0.1, -0.05) is 20.8 Å². The van der Waals surface area contributed by atoms with E-state index in [4.69, 9.17) is 0 Å². The number of halogens is 1. The Bertz CT molecular complexity index is 677. The lowest BCUT2D eigenvalue weighted by molar-refractivity contribution is 0.461. The summed E-state index contributed by atoms with van der Waals surface area (Å²) in [7, 11) is 0. The van der Waals surface area contributed by atoms with E-state index in [1.807, 2.05) is 20.8 Å². The number of rotatable bonds is 6. The quantitative estimate of drug-likeness (QED) is 0.892. The van der Waals surface area contributed by atoms with Crippen molar-refractivity contribution in [3.05, 3.63) is 52.1 Å². The van der Waals surface area contributed by atoms with E-state index in [9.17, 15) is 9.18 Å². The lowest BCUT2D eigenvalue weighted by atomic mass is 10.1. The van der Waals surface area contributed by atoms with Crippen LogP contribution in [0.15, 0.2) is 35.1 Å². The molecular formula is C17H22FN3O. The van der Waals surface area contributed by atoms with Crippen LogP contribution in [0.2, 0.25) is 0 Å². The molecule has 0 fully saturated rings. The van der Waals surface area contributed by atoms with E-state index in [2.05, 4.69) is 10.4 Å². The van der Waals surface area contributed by atoms with E-state index in [1.54, 1.807) is 18.2 Å². The van der Waals surface area contributed by atoms with Gasteiger partial charge >= 0.3 is 0 Å². The molecule has 0 aliphatic carbocycles. The first-order valence-electron chi connectivity index (χ1n) is 7.59. The summed E-state index contributed by atoms with van der Waals surface area (Å²) in [6.45, 7) is 7.94. The van der Waals surface area contributed by atoms with Gasteiger partial charge in [-0.15, -0.1) is 0 Å². The molecule has 2 aromatic rings. The Balaban J connectivity index is 2.48. The fourth-order valence-corrected chi connectivity index (χ4v) is 2.21. The summed E-state index contributed by atoms with van der Waals surface area (Å²) in [6.07, 6.45) is 0. The van der Waals surface area contributed by atoms with E-state index in [0.717, 1.165) is 12.1 Å². The SMILES string of the molecule is CCNCc1cc(-c2ccc(F)cc2)nn(CC(C)C)c1=O. The molecule has 118 valence electrons. The van der Waals surface area contributed by atoms with Crippen LogP contribution in [0.5, 0.6) is 0 Å². The van der Waals surface area contributed by atoms with Gasteiger partial charge < -0.3 is 5.32 Å². The summed E-state index contributed by atoms with van der Waals surface area (Å²) >= 11 is 0. The molecule has 22 heavy (non-hydrogen) atoms. The number of hydrogen-bond acceptors (Lipinski definition) is 3. The molecule has 0 aliphatic heterocycles. The van der Waals surface area contributed by atoms with Crippen LogP contribution in [0.4, 0.5) is 4.39 Å². The molecule has 1 aromatic heterocycles. The van der Waals surface area contributed by atoms with Crippen molar-refractivity contribution in [1.29, 1.82) is 0 Å². The largest absolute Gasteiger partial charge is 0.313 e. The highest BCUT2D eigenvalue weighted by molar-refractivity contribution is 5.58. The Morgan fingerprint density at radius 2 is 1.95 bits per heavy atom. The molecule has 4 nitrogen and oxygen atoms in total. The van der Waals surface area contributed by atoms with Gasteiger partial charge in [0.1, 0.15) is 5.82 Å². The fraction of sp³-hybridized carbons (Fsp3) is 0.412. The van der Waals surface area contributed by atoms with Crippen LogP contribution >= 0.6 is 0 Å². The third-order valence-corrected chi connectivity index (χ3v) is 3.29. The average molecular weight is 303 g/mol. The van der Waals surface area contributed by atoms with E-state index in [0.29, 0.717) is 30.3 Å². The molecule has 1 N–H and O–H groups in total. The van der Waals surface area contributed by atoms with Crippen molar-refractivity contribution in [2.24, 2.45) is 5.92 Å². The molecule has 0 bridgehead atoms. The normalized spacial score (nSPS) is 11.1. The molecule has 1 aromatic carbocycles. The molecule has 1 heterocycles. The smallest absolute Gasteiger partial charge is 0.271 e. The first-order chi connectivity index (χ1) is 10.5. The molecule has 0 atom stereocenters. The van der Waals surface area contributed by atoms with E-state index in [-0.39, 0.29) is 11.4 Å². The molecule has 0 radical (unpaired) electrons. The van der Waals surface area contributed by atoms with Crippen molar-refractivity contribution in [1.82, 2.24) is 15.1 Å². The number of aromatic nitrogens is 2. The molecule has 0 unspecified atom stereocenters. The van der Waals surface area contributed by atoms with E-state index >= 15 is 0 Å². The summed E-state index contributed by atoms with van der Waals surface area (Å²) in [5.41, 5.74) is 2.10. The first-order valence-corrected chi connectivity index (χ1v) is 7.59. The Morgan fingerprint density at radius 3 is 2.55 bits per heavy atom. The lowest BCUT2D eigenvalue weighted by Crippen LogP contribution is -2.30. The predicted octanol–water partition coefficient (Wildman–Crippen LogP) is 2.81. The summed E-state index contributed by atoms with van der Waals surface area (Å²) in [4.78, 5) is 12.4. The maximum atomic E-state index is 13.1. The van der Waals surface area contributed by atoms with Crippen molar-refractivity contribution in [2.75, 3.05) is 6.54 Å². The average Bonchev–Trinajstić information content (AvgIpc) is 2.48. The van der Waals surface area contributed by atoms with Crippen molar-refractivity contribution in [2.45, 2.75) is 33.9 Å². The van der Waals surface area contributed by atoms with Crippen molar-refractivity contribution >= 4 is 0 Å². The number of hydrogen-bond donors (Lipinski definition) is 1. The fourth-order valence-electron chi connectivity index (χ4n) is 2.21. The Kier molecular flexibility index (Phi) is 5.44. The van der Waals surface area contributed by atoms with Crippen molar-refractivity contribution < 1.29 is 4.39 Å². The molecule has 2 rings (SSSR count). The monoisotopic (exact) mass is 303 g/mol. The first kappa shape index (κ1) is 16.4. The van der Waals surface area contributed by atoms with Gasteiger partial charge in [-0.05, 0) is 42.8 Å². The van der Waals surface area contributed by atoms with Gasteiger partial charge in [0.25, 0.3) is 5.56 Å². The van der Waals surface area contributed by atoms with Gasteiger partial charge in [0.05, 0.1) is 5.69 Å². The van der Waals surface area contributed by atoms with Crippen molar-refractivity contribution in [3.63, 3.8) is 0 Å². The van der Waals surface area contributed by atoms with Gasteiger partial charge in [0.2, 0.25) is 0 Å². The number of nitrogens with one attached hydrogen (secondary N) is 1. The summed E-state index contributed by atoms with van der Waals surface area (Å²) < 4.78 is 14.6. The van der Waals surface area contributed by atoms with Gasteiger partial charge in [-0.25, -0.2) is 9.07 Å². The molecule has 5 heteroatoms. The Morgan fingerprint density at radius 1 is 1.27 bits per heavy atom. The van der Waals surface area contributed by atoms with Crippen LogP contribution in [-0.2, 0) is 13.1 Å². The van der Waals surface area contributed by atoms with Crippen molar-refractivity contribution in [3.8, 4) is 11.3 Å². The zero-order chi connectivity index (χ0) is 16.1. The minimum atomic E-state index is -0.285. The zero-order valence-corrected chi connectivity index (χ0v) is 13.3. The van der Waals surface area contributed by atoms with Gasteiger partial charge in [-0.3, -0.25) is 4.79 Å². The predicted molar refractivity (Wildman–Crippen MR) is 86.1 cm³/mol. The molecule has 0 saturated heterocycles. The molecule has 0 aliphatic rings. The molecule has 0 spiro atoms. The topological polar surface area (TPSA) is 46.9 Å². The lowest BCUT2D eigenvalue weighted by Gasteiger charge is -2.12. The second-order valence-corrected chi connectivity index (χ2v) is 5.72. The minimum absolute atomic E-state index is 0.0690. The molecule has 0 saturated carbocycles. The van der Waals surface area contributed by atoms with Crippen LogP contribution in [0, 0.1) is 11.7 Å². The molecular weight excluding hydrogens is 281 g/mol.